The summed E-state index contributed by atoms with van der Waals surface area (Å²) >= 11 is 0. The Kier molecular flexibility index (Phi) is 5.90. The number of hydrogen-bond acceptors (Lipinski definition) is 1. The zero-order chi connectivity index (χ0) is 9.03. The summed E-state index contributed by atoms with van der Waals surface area (Å²) in [4.78, 5) is 0. The van der Waals surface area contributed by atoms with Crippen molar-refractivity contribution in [3.8, 4) is 0 Å². The molecule has 0 spiro atoms. The van der Waals surface area contributed by atoms with Gasteiger partial charge in [0.1, 0.15) is 0 Å². The molecule has 0 fully saturated rings. The predicted molar refractivity (Wildman–Crippen MR) is 56.7 cm³/mol. The zero-order valence-corrected chi connectivity index (χ0v) is 11.0. The minimum Gasteiger partial charge on any atom is -0.371 e. The molecule has 0 aliphatic heterocycles. The number of ether oxygens (including phenoxy) is 1. The van der Waals surface area contributed by atoms with Crippen molar-refractivity contribution < 1.29 is 4.74 Å². The van der Waals surface area contributed by atoms with E-state index in [1.54, 1.807) is 0 Å². The Morgan fingerprint density at radius 1 is 1.08 bits per heavy atom. The molecule has 0 unspecified atom stereocenters. The van der Waals surface area contributed by atoms with Gasteiger partial charge in [-0.05, 0) is 26.3 Å². The Morgan fingerprint density at radius 2 is 1.62 bits per heavy atom. The van der Waals surface area contributed by atoms with Crippen LogP contribution in [0.3, 0.4) is 0 Å². The van der Waals surface area contributed by atoms with Crippen LogP contribution in [0.5, 0.6) is 0 Å². The molecule has 0 aliphatic rings. The summed E-state index contributed by atoms with van der Waals surface area (Å²) in [5, 5.41) is 0. The molecule has 1 radical (unpaired) electrons. The van der Waals surface area contributed by atoms with Crippen molar-refractivity contribution >= 4 is 29.6 Å². The van der Waals surface area contributed by atoms with Gasteiger partial charge < -0.3 is 4.74 Å². The maximum Gasteiger partial charge on any atom is 0.0724 e. The van der Waals surface area contributed by atoms with E-state index >= 15 is 0 Å². The van der Waals surface area contributed by atoms with E-state index in [9.17, 15) is 0 Å². The Labute approximate surface area is 103 Å². The second-order valence-corrected chi connectivity index (χ2v) is 3.89. The largest absolute Gasteiger partial charge is 0.371 e. The summed E-state index contributed by atoms with van der Waals surface area (Å²) in [6.45, 7) is 6.90. The van der Waals surface area contributed by atoms with Crippen molar-refractivity contribution in [2.24, 2.45) is 0 Å². The van der Waals surface area contributed by atoms with Crippen LogP contribution in [0.25, 0.3) is 0 Å². The SMILES string of the molecule is CC(C)(C)OCc1ccccc1.[Na]. The normalized spacial score (nSPS) is 10.7. The summed E-state index contributed by atoms with van der Waals surface area (Å²) < 4.78 is 5.62. The van der Waals surface area contributed by atoms with Crippen molar-refractivity contribution in [1.29, 1.82) is 0 Å². The third kappa shape index (κ3) is 6.28. The third-order valence-electron chi connectivity index (χ3n) is 1.51. The Morgan fingerprint density at radius 3 is 2.08 bits per heavy atom. The van der Waals surface area contributed by atoms with Crippen molar-refractivity contribution in [3.05, 3.63) is 35.9 Å². The maximum atomic E-state index is 5.62. The van der Waals surface area contributed by atoms with E-state index in [4.69, 9.17) is 4.74 Å². The van der Waals surface area contributed by atoms with Gasteiger partial charge in [-0.3, -0.25) is 0 Å². The van der Waals surface area contributed by atoms with Gasteiger partial charge >= 0.3 is 0 Å². The first-order valence-electron chi connectivity index (χ1n) is 4.26. The first kappa shape index (κ1) is 13.2. The Bertz CT molecular complexity index is 226. The molecule has 1 rings (SSSR count). The topological polar surface area (TPSA) is 9.23 Å². The van der Waals surface area contributed by atoms with E-state index in [1.165, 1.54) is 5.56 Å². The molecular weight excluding hydrogens is 171 g/mol. The zero-order valence-electron chi connectivity index (χ0n) is 9.00. The van der Waals surface area contributed by atoms with Crippen molar-refractivity contribution in [2.45, 2.75) is 33.0 Å². The van der Waals surface area contributed by atoms with E-state index < -0.39 is 0 Å². The van der Waals surface area contributed by atoms with Crippen molar-refractivity contribution in [2.75, 3.05) is 0 Å². The summed E-state index contributed by atoms with van der Waals surface area (Å²) in [7, 11) is 0. The molecular formula is C11H16NaO. The number of benzene rings is 1. The van der Waals surface area contributed by atoms with Gasteiger partial charge in [0.2, 0.25) is 0 Å². The van der Waals surface area contributed by atoms with E-state index in [0.717, 1.165) is 0 Å². The molecule has 13 heavy (non-hydrogen) atoms. The summed E-state index contributed by atoms with van der Waals surface area (Å²) in [6, 6.07) is 10.2. The summed E-state index contributed by atoms with van der Waals surface area (Å²) in [6.07, 6.45) is 0. The van der Waals surface area contributed by atoms with Gasteiger partial charge in [-0.25, -0.2) is 0 Å². The van der Waals surface area contributed by atoms with E-state index in [2.05, 4.69) is 32.9 Å². The van der Waals surface area contributed by atoms with Gasteiger partial charge in [-0.1, -0.05) is 30.3 Å². The van der Waals surface area contributed by atoms with Gasteiger partial charge in [-0.15, -0.1) is 0 Å². The predicted octanol–water partition coefficient (Wildman–Crippen LogP) is 2.62. The molecule has 1 nitrogen and oxygen atoms in total. The molecule has 1 aromatic carbocycles. The second-order valence-electron chi connectivity index (χ2n) is 3.89. The average Bonchev–Trinajstić information content (AvgIpc) is 2.02. The van der Waals surface area contributed by atoms with E-state index in [0.29, 0.717) is 6.61 Å². The average molecular weight is 187 g/mol. The minimum atomic E-state index is -0.0458. The van der Waals surface area contributed by atoms with Gasteiger partial charge in [0.25, 0.3) is 0 Å². The molecule has 0 saturated carbocycles. The summed E-state index contributed by atoms with van der Waals surface area (Å²) in [5.41, 5.74) is 1.18. The molecule has 0 heterocycles. The fraction of sp³-hybridized carbons (Fsp3) is 0.455. The van der Waals surface area contributed by atoms with Crippen LogP contribution in [0.2, 0.25) is 0 Å². The first-order valence-corrected chi connectivity index (χ1v) is 4.26. The molecule has 0 N–H and O–H groups in total. The molecule has 67 valence electrons. The van der Waals surface area contributed by atoms with Crippen molar-refractivity contribution in [1.82, 2.24) is 0 Å². The molecule has 0 bridgehead atoms. The van der Waals surface area contributed by atoms with Crippen LogP contribution in [-0.2, 0) is 11.3 Å². The summed E-state index contributed by atoms with van der Waals surface area (Å²) in [5.74, 6) is 0. The smallest absolute Gasteiger partial charge is 0.0724 e. The molecule has 0 aliphatic carbocycles. The third-order valence-corrected chi connectivity index (χ3v) is 1.51. The quantitative estimate of drug-likeness (QED) is 0.647. The monoisotopic (exact) mass is 187 g/mol. The van der Waals surface area contributed by atoms with Gasteiger partial charge in [0.05, 0.1) is 12.2 Å². The fourth-order valence-electron chi connectivity index (χ4n) is 0.874. The van der Waals surface area contributed by atoms with Crippen LogP contribution in [0.4, 0.5) is 0 Å². The van der Waals surface area contributed by atoms with Crippen LogP contribution in [-0.4, -0.2) is 35.2 Å². The van der Waals surface area contributed by atoms with E-state index in [1.807, 2.05) is 18.2 Å². The Balaban J connectivity index is 0.00000144. The van der Waals surface area contributed by atoms with Crippen LogP contribution < -0.4 is 0 Å². The second kappa shape index (κ2) is 5.82. The minimum absolute atomic E-state index is 0. The Hall–Kier alpha value is 0.180. The standard InChI is InChI=1S/C11H16O.Na/c1-11(2,3)12-9-10-7-5-4-6-8-10;/h4-8H,9H2,1-3H3;. The van der Waals surface area contributed by atoms with Crippen LogP contribution in [0.15, 0.2) is 30.3 Å². The van der Waals surface area contributed by atoms with Crippen LogP contribution >= 0.6 is 0 Å². The number of rotatable bonds is 2. The molecule has 0 saturated heterocycles. The van der Waals surface area contributed by atoms with Gasteiger partial charge in [-0.2, -0.15) is 0 Å². The first-order chi connectivity index (χ1) is 5.58. The molecule has 0 amide bonds. The maximum absolute atomic E-state index is 5.62. The van der Waals surface area contributed by atoms with Gasteiger partial charge in [0, 0.05) is 29.6 Å². The van der Waals surface area contributed by atoms with Crippen LogP contribution in [0, 0.1) is 0 Å². The van der Waals surface area contributed by atoms with Crippen LogP contribution in [0.1, 0.15) is 26.3 Å². The fourth-order valence-corrected chi connectivity index (χ4v) is 0.874. The number of hydrogen-bond donors (Lipinski definition) is 0. The molecule has 0 atom stereocenters. The molecule has 0 aromatic heterocycles. The van der Waals surface area contributed by atoms with E-state index in [-0.39, 0.29) is 35.2 Å². The molecule has 1 aromatic rings. The van der Waals surface area contributed by atoms with Crippen molar-refractivity contribution in [3.63, 3.8) is 0 Å². The van der Waals surface area contributed by atoms with Gasteiger partial charge in [0.15, 0.2) is 0 Å². The molecule has 2 heteroatoms.